The van der Waals surface area contributed by atoms with Crippen LogP contribution in [0.4, 0.5) is 0 Å². The molecular weight excluding hydrogens is 413 g/mol. The van der Waals surface area contributed by atoms with Crippen molar-refractivity contribution in [3.05, 3.63) is 75.0 Å². The molecule has 1 atom stereocenters. The second kappa shape index (κ2) is 7.97. The quantitative estimate of drug-likeness (QED) is 0.631. The van der Waals surface area contributed by atoms with E-state index in [0.717, 1.165) is 11.1 Å². The van der Waals surface area contributed by atoms with Crippen molar-refractivity contribution >= 4 is 29.1 Å². The summed E-state index contributed by atoms with van der Waals surface area (Å²) in [7, 11) is 0. The molecule has 0 saturated heterocycles. The summed E-state index contributed by atoms with van der Waals surface area (Å²) < 4.78 is 12.3. The first-order valence-electron chi connectivity index (χ1n) is 9.10. The van der Waals surface area contributed by atoms with E-state index in [1.165, 1.54) is 0 Å². The van der Waals surface area contributed by atoms with Crippen LogP contribution in [-0.4, -0.2) is 22.5 Å². The van der Waals surface area contributed by atoms with Crippen molar-refractivity contribution in [2.24, 2.45) is 0 Å². The minimum atomic E-state index is -0.289. The van der Waals surface area contributed by atoms with Crippen molar-refractivity contribution in [1.29, 1.82) is 0 Å². The number of halogens is 2. The van der Waals surface area contributed by atoms with Crippen LogP contribution in [0.1, 0.15) is 40.1 Å². The highest BCUT2D eigenvalue weighted by atomic mass is 35.5. The fourth-order valence-electron chi connectivity index (χ4n) is 3.24. The molecule has 0 spiro atoms. The fraction of sp³-hybridized carbons (Fsp3) is 0.238. The lowest BCUT2D eigenvalue weighted by molar-refractivity contribution is 0.0939. The predicted molar refractivity (Wildman–Crippen MR) is 111 cm³/mol. The summed E-state index contributed by atoms with van der Waals surface area (Å²) in [6.07, 6.45) is 0. The maximum atomic E-state index is 12.9. The van der Waals surface area contributed by atoms with Gasteiger partial charge in [0.1, 0.15) is 5.15 Å². The molecule has 1 aliphatic heterocycles. The second-order valence-electron chi connectivity index (χ2n) is 6.81. The van der Waals surface area contributed by atoms with Crippen LogP contribution in [0.25, 0.3) is 0 Å². The summed E-state index contributed by atoms with van der Waals surface area (Å²) in [5, 5.41) is 8.30. The van der Waals surface area contributed by atoms with E-state index < -0.39 is 0 Å². The minimum absolute atomic E-state index is 0.207. The third kappa shape index (κ3) is 3.91. The Kier molecular flexibility index (Phi) is 5.39. The summed E-state index contributed by atoms with van der Waals surface area (Å²) >= 11 is 12.7. The first-order chi connectivity index (χ1) is 13.9. The van der Waals surface area contributed by atoms with Crippen LogP contribution in [0.2, 0.25) is 10.2 Å². The molecule has 4 rings (SSSR count). The van der Waals surface area contributed by atoms with E-state index in [-0.39, 0.29) is 23.9 Å². The number of carbonyl (C=O) groups excluding carboxylic acids is 1. The highest BCUT2D eigenvalue weighted by Crippen LogP contribution is 2.34. The number of ether oxygens (including phenoxy) is 2. The van der Waals surface area contributed by atoms with Gasteiger partial charge in [-0.3, -0.25) is 4.79 Å². The van der Waals surface area contributed by atoms with Gasteiger partial charge in [-0.2, -0.15) is 5.10 Å². The molecule has 1 unspecified atom stereocenters. The molecule has 150 valence electrons. The standard InChI is InChI=1S/C21H19Cl2N3O3/c1-12(14-7-8-17-18(9-14)29-11-28-17)24-21(27)19-13(2)25-26(20(19)23)10-15-5-3-4-6-16(15)22/h3-9,12H,10-11H2,1-2H3,(H,24,27). The van der Waals surface area contributed by atoms with Gasteiger partial charge < -0.3 is 14.8 Å². The van der Waals surface area contributed by atoms with Gasteiger partial charge in [-0.05, 0) is 43.2 Å². The van der Waals surface area contributed by atoms with Gasteiger partial charge in [0.05, 0.1) is 23.8 Å². The van der Waals surface area contributed by atoms with Crippen molar-refractivity contribution in [1.82, 2.24) is 15.1 Å². The Labute approximate surface area is 178 Å². The van der Waals surface area contributed by atoms with Crippen LogP contribution in [0.3, 0.4) is 0 Å². The summed E-state index contributed by atoms with van der Waals surface area (Å²) in [5.74, 6) is 1.08. The largest absolute Gasteiger partial charge is 0.454 e. The Balaban J connectivity index is 1.53. The zero-order valence-corrected chi connectivity index (χ0v) is 17.4. The lowest BCUT2D eigenvalue weighted by Gasteiger charge is -2.15. The number of rotatable bonds is 5. The molecular formula is C21H19Cl2N3O3. The molecule has 29 heavy (non-hydrogen) atoms. The average molecular weight is 432 g/mol. The van der Waals surface area contributed by atoms with Crippen LogP contribution >= 0.6 is 23.2 Å². The van der Waals surface area contributed by atoms with E-state index >= 15 is 0 Å². The monoisotopic (exact) mass is 431 g/mol. The highest BCUT2D eigenvalue weighted by Gasteiger charge is 2.23. The minimum Gasteiger partial charge on any atom is -0.454 e. The molecule has 1 amide bonds. The van der Waals surface area contributed by atoms with Gasteiger partial charge in [0, 0.05) is 5.02 Å². The van der Waals surface area contributed by atoms with Crippen LogP contribution in [0, 0.1) is 6.92 Å². The second-order valence-corrected chi connectivity index (χ2v) is 7.57. The molecule has 0 bridgehead atoms. The maximum absolute atomic E-state index is 12.9. The van der Waals surface area contributed by atoms with E-state index in [0.29, 0.717) is 34.3 Å². The van der Waals surface area contributed by atoms with Gasteiger partial charge in [-0.25, -0.2) is 4.68 Å². The number of carbonyl (C=O) groups is 1. The predicted octanol–water partition coefficient (Wildman–Crippen LogP) is 4.77. The van der Waals surface area contributed by atoms with E-state index in [2.05, 4.69) is 10.4 Å². The van der Waals surface area contributed by atoms with Crippen LogP contribution < -0.4 is 14.8 Å². The summed E-state index contributed by atoms with van der Waals surface area (Å²) in [6.45, 7) is 4.24. The number of aromatic nitrogens is 2. The van der Waals surface area contributed by atoms with Crippen molar-refractivity contribution < 1.29 is 14.3 Å². The fourth-order valence-corrected chi connectivity index (χ4v) is 3.75. The highest BCUT2D eigenvalue weighted by molar-refractivity contribution is 6.33. The van der Waals surface area contributed by atoms with Gasteiger partial charge in [0.2, 0.25) is 6.79 Å². The number of fused-ring (bicyclic) bond motifs is 1. The summed E-state index contributed by atoms with van der Waals surface area (Å²) in [4.78, 5) is 12.9. The number of hydrogen-bond acceptors (Lipinski definition) is 4. The van der Waals surface area contributed by atoms with E-state index in [4.69, 9.17) is 32.7 Å². The van der Waals surface area contributed by atoms with Gasteiger partial charge in [0.25, 0.3) is 5.91 Å². The smallest absolute Gasteiger partial charge is 0.256 e. The Hall–Kier alpha value is -2.70. The number of amides is 1. The van der Waals surface area contributed by atoms with Crippen molar-refractivity contribution in [2.75, 3.05) is 6.79 Å². The Bertz CT molecular complexity index is 1080. The van der Waals surface area contributed by atoms with Gasteiger partial charge >= 0.3 is 0 Å². The number of nitrogens with zero attached hydrogens (tertiary/aromatic N) is 2. The summed E-state index contributed by atoms with van der Waals surface area (Å²) in [6, 6.07) is 12.8. The van der Waals surface area contributed by atoms with Crippen LogP contribution in [0.15, 0.2) is 42.5 Å². The molecule has 0 radical (unpaired) electrons. The van der Waals surface area contributed by atoms with E-state index in [1.54, 1.807) is 11.6 Å². The average Bonchev–Trinajstić information content (AvgIpc) is 3.27. The first-order valence-corrected chi connectivity index (χ1v) is 9.86. The van der Waals surface area contributed by atoms with Gasteiger partial charge in [-0.15, -0.1) is 0 Å². The zero-order valence-electron chi connectivity index (χ0n) is 15.9. The van der Waals surface area contributed by atoms with Crippen molar-refractivity contribution in [3.63, 3.8) is 0 Å². The van der Waals surface area contributed by atoms with Gasteiger partial charge in [0.15, 0.2) is 11.5 Å². The SMILES string of the molecule is Cc1nn(Cc2ccccc2Cl)c(Cl)c1C(=O)NC(C)c1ccc2c(c1)OCO2. The molecule has 0 aliphatic carbocycles. The number of hydrogen-bond donors (Lipinski definition) is 1. The third-order valence-corrected chi connectivity index (χ3v) is 5.57. The molecule has 1 N–H and O–H groups in total. The number of aryl methyl sites for hydroxylation is 1. The topological polar surface area (TPSA) is 65.4 Å². The lowest BCUT2D eigenvalue weighted by atomic mass is 10.1. The molecule has 1 aliphatic rings. The van der Waals surface area contributed by atoms with Crippen LogP contribution in [-0.2, 0) is 6.54 Å². The third-order valence-electron chi connectivity index (χ3n) is 4.81. The molecule has 8 heteroatoms. The molecule has 2 heterocycles. The molecule has 2 aromatic carbocycles. The zero-order chi connectivity index (χ0) is 20.5. The Morgan fingerprint density at radius 3 is 2.76 bits per heavy atom. The number of nitrogens with one attached hydrogen (secondary N) is 1. The Morgan fingerprint density at radius 2 is 1.97 bits per heavy atom. The van der Waals surface area contributed by atoms with Crippen LogP contribution in [0.5, 0.6) is 11.5 Å². The molecule has 0 fully saturated rings. The normalized spacial score (nSPS) is 13.4. The molecule has 0 saturated carbocycles. The maximum Gasteiger partial charge on any atom is 0.256 e. The Morgan fingerprint density at radius 1 is 1.21 bits per heavy atom. The van der Waals surface area contributed by atoms with Gasteiger partial charge in [-0.1, -0.05) is 47.5 Å². The molecule has 1 aromatic heterocycles. The molecule has 6 nitrogen and oxygen atoms in total. The van der Waals surface area contributed by atoms with Crippen molar-refractivity contribution in [3.8, 4) is 11.5 Å². The van der Waals surface area contributed by atoms with Crippen molar-refractivity contribution in [2.45, 2.75) is 26.4 Å². The molecule has 3 aromatic rings. The lowest BCUT2D eigenvalue weighted by Crippen LogP contribution is -2.27. The summed E-state index contributed by atoms with van der Waals surface area (Å²) in [5.41, 5.74) is 2.68. The number of benzene rings is 2. The van der Waals surface area contributed by atoms with E-state index in [1.807, 2.05) is 49.4 Å². The van der Waals surface area contributed by atoms with E-state index in [9.17, 15) is 4.79 Å². The first kappa shape index (κ1) is 19.6.